The van der Waals surface area contributed by atoms with E-state index in [-0.39, 0.29) is 12.0 Å². The van der Waals surface area contributed by atoms with Crippen LogP contribution in [-0.2, 0) is 4.79 Å². The van der Waals surface area contributed by atoms with Gasteiger partial charge in [-0.25, -0.2) is 0 Å². The molecule has 5 heteroatoms. The molecule has 4 nitrogen and oxygen atoms in total. The molecule has 2 aliphatic rings. The van der Waals surface area contributed by atoms with E-state index in [1.165, 1.54) is 0 Å². The number of hydrogen-bond donors (Lipinski definition) is 1. The molecule has 1 aliphatic heterocycles. The zero-order chi connectivity index (χ0) is 14.8. The summed E-state index contributed by atoms with van der Waals surface area (Å²) in [6.45, 7) is 3.23. The molecule has 3 rings (SSSR count). The van der Waals surface area contributed by atoms with Gasteiger partial charge in [0, 0.05) is 38.1 Å². The lowest BCUT2D eigenvalue weighted by atomic mass is 10.1. The van der Waals surface area contributed by atoms with E-state index in [0.717, 1.165) is 56.2 Å². The molecular weight excluding hydrogens is 286 g/mol. The van der Waals surface area contributed by atoms with E-state index in [2.05, 4.69) is 4.90 Å². The lowest BCUT2D eigenvalue weighted by molar-refractivity contribution is -0.135. The van der Waals surface area contributed by atoms with Crippen LogP contribution in [0.25, 0.3) is 0 Å². The van der Waals surface area contributed by atoms with Gasteiger partial charge in [-0.3, -0.25) is 4.79 Å². The number of hydrogen-bond acceptors (Lipinski definition) is 3. The van der Waals surface area contributed by atoms with Crippen LogP contribution in [0.2, 0.25) is 5.02 Å². The number of nitrogens with two attached hydrogens (primary N) is 1. The standard InChI is InChI=1S/C16H22ClN3O/c17-14-3-1-2-4-15(14)19-7-9-20(10-8-19)16(21)12-5-6-13(18)11-12/h1-4,12-13H,5-11,18H2/t12-,13-/m1/s1. The lowest BCUT2D eigenvalue weighted by Gasteiger charge is -2.37. The highest BCUT2D eigenvalue weighted by atomic mass is 35.5. The van der Waals surface area contributed by atoms with Crippen molar-refractivity contribution in [2.45, 2.75) is 25.3 Å². The van der Waals surface area contributed by atoms with Gasteiger partial charge in [-0.05, 0) is 31.4 Å². The van der Waals surface area contributed by atoms with E-state index in [9.17, 15) is 4.79 Å². The summed E-state index contributed by atoms with van der Waals surface area (Å²) >= 11 is 6.24. The van der Waals surface area contributed by atoms with Gasteiger partial charge in [-0.1, -0.05) is 23.7 Å². The molecule has 1 saturated carbocycles. The third-order valence-corrected chi connectivity index (χ3v) is 4.93. The van der Waals surface area contributed by atoms with Crippen molar-refractivity contribution in [2.24, 2.45) is 11.7 Å². The van der Waals surface area contributed by atoms with Crippen molar-refractivity contribution in [3.8, 4) is 0 Å². The smallest absolute Gasteiger partial charge is 0.225 e. The number of anilines is 1. The summed E-state index contributed by atoms with van der Waals surface area (Å²) in [6.07, 6.45) is 2.78. The van der Waals surface area contributed by atoms with Gasteiger partial charge in [0.25, 0.3) is 0 Å². The van der Waals surface area contributed by atoms with Crippen LogP contribution in [0.15, 0.2) is 24.3 Å². The number of piperazine rings is 1. The predicted octanol–water partition coefficient (Wildman–Crippen LogP) is 2.12. The van der Waals surface area contributed by atoms with Crippen LogP contribution in [0, 0.1) is 5.92 Å². The first kappa shape index (κ1) is 14.7. The van der Waals surface area contributed by atoms with Crippen LogP contribution in [0.4, 0.5) is 5.69 Å². The third kappa shape index (κ3) is 3.16. The minimum Gasteiger partial charge on any atom is -0.367 e. The van der Waals surface area contributed by atoms with Gasteiger partial charge >= 0.3 is 0 Å². The van der Waals surface area contributed by atoms with Crippen LogP contribution in [0.5, 0.6) is 0 Å². The number of halogens is 1. The van der Waals surface area contributed by atoms with E-state index >= 15 is 0 Å². The molecule has 0 bridgehead atoms. The van der Waals surface area contributed by atoms with Gasteiger partial charge in [0.1, 0.15) is 0 Å². The van der Waals surface area contributed by atoms with Gasteiger partial charge in [-0.2, -0.15) is 0 Å². The Morgan fingerprint density at radius 1 is 1.14 bits per heavy atom. The summed E-state index contributed by atoms with van der Waals surface area (Å²) in [5.41, 5.74) is 6.98. The monoisotopic (exact) mass is 307 g/mol. The fraction of sp³-hybridized carbons (Fsp3) is 0.562. The molecule has 1 saturated heterocycles. The van der Waals surface area contributed by atoms with Crippen molar-refractivity contribution in [1.82, 2.24) is 4.90 Å². The van der Waals surface area contributed by atoms with Crippen LogP contribution in [0.1, 0.15) is 19.3 Å². The maximum absolute atomic E-state index is 12.5. The van der Waals surface area contributed by atoms with Gasteiger partial charge in [0.2, 0.25) is 5.91 Å². The third-order valence-electron chi connectivity index (χ3n) is 4.61. The van der Waals surface area contributed by atoms with Gasteiger partial charge in [0.05, 0.1) is 10.7 Å². The van der Waals surface area contributed by atoms with Gasteiger partial charge in [0.15, 0.2) is 0 Å². The Hall–Kier alpha value is -1.26. The summed E-state index contributed by atoms with van der Waals surface area (Å²) in [7, 11) is 0. The Morgan fingerprint density at radius 3 is 2.48 bits per heavy atom. The molecule has 0 aromatic heterocycles. The molecule has 0 spiro atoms. The first-order valence-corrected chi connectivity index (χ1v) is 8.07. The molecule has 114 valence electrons. The number of nitrogens with zero attached hydrogens (tertiary/aromatic N) is 2. The average molecular weight is 308 g/mol. The maximum atomic E-state index is 12.5. The lowest BCUT2D eigenvalue weighted by Crippen LogP contribution is -2.50. The number of carbonyl (C=O) groups excluding carboxylic acids is 1. The van der Waals surface area contributed by atoms with Crippen molar-refractivity contribution in [3.05, 3.63) is 29.3 Å². The van der Waals surface area contributed by atoms with Crippen molar-refractivity contribution in [2.75, 3.05) is 31.1 Å². The second-order valence-electron chi connectivity index (χ2n) is 6.03. The quantitative estimate of drug-likeness (QED) is 0.910. The molecule has 1 aromatic carbocycles. The number of rotatable bonds is 2. The summed E-state index contributed by atoms with van der Waals surface area (Å²) in [5, 5.41) is 0.777. The average Bonchev–Trinajstić information content (AvgIpc) is 2.94. The first-order chi connectivity index (χ1) is 10.1. The van der Waals surface area contributed by atoms with Crippen LogP contribution < -0.4 is 10.6 Å². The second-order valence-corrected chi connectivity index (χ2v) is 6.44. The number of benzene rings is 1. The molecule has 1 amide bonds. The molecule has 2 fully saturated rings. The molecular formula is C16H22ClN3O. The second kappa shape index (κ2) is 6.24. The van der Waals surface area contributed by atoms with Gasteiger partial charge in [-0.15, -0.1) is 0 Å². The Balaban J connectivity index is 1.58. The molecule has 1 aromatic rings. The molecule has 1 aliphatic carbocycles. The minimum atomic E-state index is 0.145. The molecule has 0 unspecified atom stereocenters. The van der Waals surface area contributed by atoms with Crippen molar-refractivity contribution < 1.29 is 4.79 Å². The Bertz CT molecular complexity index is 514. The fourth-order valence-corrected chi connectivity index (χ4v) is 3.63. The van der Waals surface area contributed by atoms with Crippen LogP contribution in [-0.4, -0.2) is 43.0 Å². The van der Waals surface area contributed by atoms with E-state index in [0.29, 0.717) is 5.91 Å². The Kier molecular flexibility index (Phi) is 4.36. The summed E-state index contributed by atoms with van der Waals surface area (Å²) in [4.78, 5) is 16.7. The Morgan fingerprint density at radius 2 is 1.86 bits per heavy atom. The number of amides is 1. The molecule has 0 radical (unpaired) electrons. The SMILES string of the molecule is N[C@@H]1CC[C@@H](C(=O)N2CCN(c3ccccc3Cl)CC2)C1. The largest absolute Gasteiger partial charge is 0.367 e. The van der Waals surface area contributed by atoms with Crippen molar-refractivity contribution in [3.63, 3.8) is 0 Å². The highest BCUT2D eigenvalue weighted by molar-refractivity contribution is 6.33. The molecule has 2 N–H and O–H groups in total. The topological polar surface area (TPSA) is 49.6 Å². The van der Waals surface area contributed by atoms with Crippen molar-refractivity contribution in [1.29, 1.82) is 0 Å². The fourth-order valence-electron chi connectivity index (χ4n) is 3.37. The maximum Gasteiger partial charge on any atom is 0.225 e. The molecule has 21 heavy (non-hydrogen) atoms. The van der Waals surface area contributed by atoms with E-state index in [1.54, 1.807) is 0 Å². The zero-order valence-electron chi connectivity index (χ0n) is 12.2. The van der Waals surface area contributed by atoms with Crippen molar-refractivity contribution >= 4 is 23.2 Å². The number of carbonyl (C=O) groups is 1. The summed E-state index contributed by atoms with van der Waals surface area (Å²) in [6, 6.07) is 8.10. The minimum absolute atomic E-state index is 0.145. The number of para-hydroxylation sites is 1. The van der Waals surface area contributed by atoms with Crippen LogP contribution in [0.3, 0.4) is 0 Å². The predicted molar refractivity (Wildman–Crippen MR) is 85.6 cm³/mol. The summed E-state index contributed by atoms with van der Waals surface area (Å²) < 4.78 is 0. The Labute approximate surface area is 130 Å². The normalized spacial score (nSPS) is 26.2. The molecule has 2 atom stereocenters. The van der Waals surface area contributed by atoms with E-state index < -0.39 is 0 Å². The van der Waals surface area contributed by atoms with E-state index in [4.69, 9.17) is 17.3 Å². The zero-order valence-corrected chi connectivity index (χ0v) is 12.9. The summed E-state index contributed by atoms with van der Waals surface area (Å²) in [5.74, 6) is 0.439. The van der Waals surface area contributed by atoms with E-state index in [1.807, 2.05) is 29.2 Å². The highest BCUT2D eigenvalue weighted by Crippen LogP contribution is 2.28. The first-order valence-electron chi connectivity index (χ1n) is 7.69. The molecule has 1 heterocycles. The van der Waals surface area contributed by atoms with Gasteiger partial charge < -0.3 is 15.5 Å². The van der Waals surface area contributed by atoms with Crippen LogP contribution >= 0.6 is 11.6 Å². The highest BCUT2D eigenvalue weighted by Gasteiger charge is 2.32.